The van der Waals surface area contributed by atoms with Crippen molar-refractivity contribution in [2.45, 2.75) is 76.6 Å². The van der Waals surface area contributed by atoms with Gasteiger partial charge in [-0.3, -0.25) is 0 Å². The second kappa shape index (κ2) is 7.60. The molecular formula is C14H28OS. The molecule has 0 heterocycles. The van der Waals surface area contributed by atoms with Crippen LogP contribution in [0.5, 0.6) is 0 Å². The zero-order valence-corrected chi connectivity index (χ0v) is 11.9. The summed E-state index contributed by atoms with van der Waals surface area (Å²) >= 11 is 4.82. The largest absolute Gasteiger partial charge is 0.365 e. The Balaban J connectivity index is 2.40. The molecule has 16 heavy (non-hydrogen) atoms. The van der Waals surface area contributed by atoms with Crippen LogP contribution in [0.15, 0.2) is 0 Å². The third-order valence-electron chi connectivity index (χ3n) is 3.67. The molecule has 0 saturated heterocycles. The number of unbranched alkanes of at least 4 members (excludes halogenated alkanes) is 1. The van der Waals surface area contributed by atoms with Gasteiger partial charge in [-0.15, -0.1) is 12.6 Å². The van der Waals surface area contributed by atoms with Gasteiger partial charge >= 0.3 is 0 Å². The van der Waals surface area contributed by atoms with Crippen LogP contribution in [0.2, 0.25) is 0 Å². The number of rotatable bonds is 7. The van der Waals surface area contributed by atoms with Gasteiger partial charge < -0.3 is 4.74 Å². The molecule has 0 aromatic heterocycles. The van der Waals surface area contributed by atoms with Crippen molar-refractivity contribution in [2.24, 2.45) is 5.92 Å². The molecule has 0 N–H and O–H groups in total. The monoisotopic (exact) mass is 244 g/mol. The van der Waals surface area contributed by atoms with E-state index in [0.29, 0.717) is 0 Å². The fourth-order valence-electron chi connectivity index (χ4n) is 2.80. The fourth-order valence-corrected chi connectivity index (χ4v) is 3.34. The summed E-state index contributed by atoms with van der Waals surface area (Å²) in [6.07, 6.45) is 11.8. The zero-order valence-electron chi connectivity index (χ0n) is 11.0. The Labute approximate surface area is 107 Å². The Bertz CT molecular complexity index is 178. The molecule has 0 amide bonds. The van der Waals surface area contributed by atoms with E-state index in [1.165, 1.54) is 44.9 Å². The molecule has 1 saturated carbocycles. The molecule has 0 aromatic rings. The average molecular weight is 244 g/mol. The average Bonchev–Trinajstić information content (AvgIpc) is 2.28. The molecule has 96 valence electrons. The first kappa shape index (κ1) is 14.4. The first-order valence-electron chi connectivity index (χ1n) is 7.06. The quantitative estimate of drug-likeness (QED) is 0.499. The molecule has 0 bridgehead atoms. The van der Waals surface area contributed by atoms with Gasteiger partial charge in [0.2, 0.25) is 0 Å². The molecule has 1 aliphatic carbocycles. The second-order valence-electron chi connectivity index (χ2n) is 5.19. The minimum atomic E-state index is -0.146. The molecule has 1 fully saturated rings. The van der Waals surface area contributed by atoms with Gasteiger partial charge in [0.05, 0.1) is 0 Å². The molecule has 2 heteroatoms. The predicted molar refractivity (Wildman–Crippen MR) is 74.1 cm³/mol. The Morgan fingerprint density at radius 2 is 1.88 bits per heavy atom. The number of thiol groups is 1. The molecule has 0 radical (unpaired) electrons. The van der Waals surface area contributed by atoms with Crippen molar-refractivity contribution < 1.29 is 4.74 Å². The van der Waals surface area contributed by atoms with E-state index in [-0.39, 0.29) is 4.93 Å². The van der Waals surface area contributed by atoms with Crippen LogP contribution < -0.4 is 0 Å². The fraction of sp³-hybridized carbons (Fsp3) is 1.00. The molecule has 0 aliphatic heterocycles. The van der Waals surface area contributed by atoms with Gasteiger partial charge in [-0.2, -0.15) is 0 Å². The summed E-state index contributed by atoms with van der Waals surface area (Å²) in [5.74, 6) is 0.856. The summed E-state index contributed by atoms with van der Waals surface area (Å²) < 4.78 is 5.90. The van der Waals surface area contributed by atoms with Crippen molar-refractivity contribution in [3.63, 3.8) is 0 Å². The highest BCUT2D eigenvalue weighted by Crippen LogP contribution is 2.37. The maximum atomic E-state index is 5.90. The van der Waals surface area contributed by atoms with E-state index in [1.54, 1.807) is 0 Å². The topological polar surface area (TPSA) is 9.23 Å². The summed E-state index contributed by atoms with van der Waals surface area (Å²) in [4.78, 5) is -0.146. The van der Waals surface area contributed by atoms with Crippen LogP contribution in [0.3, 0.4) is 0 Å². The van der Waals surface area contributed by atoms with Crippen molar-refractivity contribution in [1.29, 1.82) is 0 Å². The standard InChI is InChI=1S/C14H28OS/c1-3-5-11-14(16,15-4-2)12-13-9-7-6-8-10-13/h13,16H,3-12H2,1-2H3. The molecule has 1 nitrogen and oxygen atoms in total. The third-order valence-corrected chi connectivity index (χ3v) is 4.20. The van der Waals surface area contributed by atoms with Crippen molar-refractivity contribution in [2.75, 3.05) is 6.61 Å². The molecule has 1 atom stereocenters. The summed E-state index contributed by atoms with van der Waals surface area (Å²) in [5.41, 5.74) is 0. The lowest BCUT2D eigenvalue weighted by atomic mass is 9.84. The Hall–Kier alpha value is 0.310. The first-order chi connectivity index (χ1) is 7.70. The van der Waals surface area contributed by atoms with Gasteiger partial charge in [0.15, 0.2) is 0 Å². The van der Waals surface area contributed by atoms with Crippen molar-refractivity contribution in [3.8, 4) is 0 Å². The van der Waals surface area contributed by atoms with E-state index in [1.807, 2.05) is 0 Å². The van der Waals surface area contributed by atoms with Crippen molar-refractivity contribution in [1.82, 2.24) is 0 Å². The van der Waals surface area contributed by atoms with Gasteiger partial charge in [-0.05, 0) is 32.1 Å². The maximum Gasteiger partial charge on any atom is 0.111 e. The maximum absolute atomic E-state index is 5.90. The van der Waals surface area contributed by atoms with Crippen molar-refractivity contribution in [3.05, 3.63) is 0 Å². The predicted octanol–water partition coefficient (Wildman–Crippen LogP) is 4.81. The Morgan fingerprint density at radius 1 is 1.19 bits per heavy atom. The summed E-state index contributed by atoms with van der Waals surface area (Å²) in [5, 5.41) is 0. The lowest BCUT2D eigenvalue weighted by Crippen LogP contribution is -2.30. The van der Waals surface area contributed by atoms with Gasteiger partial charge in [0.25, 0.3) is 0 Å². The third kappa shape index (κ3) is 5.09. The Morgan fingerprint density at radius 3 is 2.44 bits per heavy atom. The number of hydrogen-bond acceptors (Lipinski definition) is 2. The normalized spacial score (nSPS) is 21.9. The zero-order chi connectivity index (χ0) is 11.9. The highest BCUT2D eigenvalue weighted by Gasteiger charge is 2.29. The van der Waals surface area contributed by atoms with Crippen LogP contribution in [-0.2, 0) is 4.74 Å². The summed E-state index contributed by atoms with van der Waals surface area (Å²) in [6, 6.07) is 0. The van der Waals surface area contributed by atoms with Crippen LogP contribution in [0.25, 0.3) is 0 Å². The van der Waals surface area contributed by atoms with Crippen LogP contribution >= 0.6 is 12.6 Å². The van der Waals surface area contributed by atoms with E-state index in [4.69, 9.17) is 17.4 Å². The molecule has 1 rings (SSSR count). The number of ether oxygens (including phenoxy) is 1. The van der Waals surface area contributed by atoms with Crippen LogP contribution in [-0.4, -0.2) is 11.5 Å². The van der Waals surface area contributed by atoms with Crippen molar-refractivity contribution >= 4 is 12.6 Å². The van der Waals surface area contributed by atoms with Crippen LogP contribution in [0.1, 0.15) is 71.6 Å². The highest BCUT2D eigenvalue weighted by atomic mass is 32.1. The molecule has 0 aromatic carbocycles. The van der Waals surface area contributed by atoms with E-state index >= 15 is 0 Å². The van der Waals surface area contributed by atoms with E-state index in [9.17, 15) is 0 Å². The molecule has 1 aliphatic rings. The lowest BCUT2D eigenvalue weighted by Gasteiger charge is -2.34. The lowest BCUT2D eigenvalue weighted by molar-refractivity contribution is 0.00657. The van der Waals surface area contributed by atoms with E-state index in [2.05, 4.69) is 13.8 Å². The Kier molecular flexibility index (Phi) is 6.83. The second-order valence-corrected chi connectivity index (χ2v) is 6.01. The summed E-state index contributed by atoms with van der Waals surface area (Å²) in [7, 11) is 0. The molecule has 1 unspecified atom stereocenters. The smallest absolute Gasteiger partial charge is 0.111 e. The van der Waals surface area contributed by atoms with Gasteiger partial charge in [0.1, 0.15) is 4.93 Å². The van der Waals surface area contributed by atoms with E-state index in [0.717, 1.165) is 25.4 Å². The SMILES string of the molecule is CCCCC(S)(CC1CCCCC1)OCC. The minimum absolute atomic E-state index is 0.146. The first-order valence-corrected chi connectivity index (χ1v) is 7.51. The summed E-state index contributed by atoms with van der Waals surface area (Å²) in [6.45, 7) is 5.11. The number of hydrogen-bond donors (Lipinski definition) is 1. The van der Waals surface area contributed by atoms with Gasteiger partial charge in [-0.1, -0.05) is 45.4 Å². The molecule has 0 spiro atoms. The highest BCUT2D eigenvalue weighted by molar-refractivity contribution is 7.81. The molecular weight excluding hydrogens is 216 g/mol. The van der Waals surface area contributed by atoms with Gasteiger partial charge in [0, 0.05) is 6.61 Å². The minimum Gasteiger partial charge on any atom is -0.365 e. The van der Waals surface area contributed by atoms with Gasteiger partial charge in [-0.25, -0.2) is 0 Å². The van der Waals surface area contributed by atoms with Crippen LogP contribution in [0, 0.1) is 5.92 Å². The van der Waals surface area contributed by atoms with Crippen LogP contribution in [0.4, 0.5) is 0 Å². The van der Waals surface area contributed by atoms with E-state index < -0.39 is 0 Å².